The van der Waals surface area contributed by atoms with Crippen LogP contribution in [0.5, 0.6) is 11.5 Å². The molecule has 0 bridgehead atoms. The number of hydrogen-bond donors (Lipinski definition) is 0. The standard InChI is InChI=1S/C22H13Cl2FO3/c23-17-8-5-13(9-18(17)24)10-21-22(26)16-7-6-15(11-20(16)28-21)27-12-14-3-1-2-4-19(14)25/h1-11H,12H2/b21-10-. The van der Waals surface area contributed by atoms with Crippen LogP contribution >= 0.6 is 23.2 Å². The highest BCUT2D eigenvalue weighted by molar-refractivity contribution is 6.42. The second-order valence-electron chi connectivity index (χ2n) is 6.15. The number of carbonyl (C=O) groups excluding carboxylic acids is 1. The van der Waals surface area contributed by atoms with Gasteiger partial charge in [-0.2, -0.15) is 0 Å². The van der Waals surface area contributed by atoms with Crippen molar-refractivity contribution in [2.75, 3.05) is 0 Å². The molecule has 0 spiro atoms. The lowest BCUT2D eigenvalue weighted by atomic mass is 10.1. The van der Waals surface area contributed by atoms with Gasteiger partial charge in [-0.3, -0.25) is 4.79 Å². The van der Waals surface area contributed by atoms with Crippen molar-refractivity contribution in [3.8, 4) is 11.5 Å². The van der Waals surface area contributed by atoms with E-state index in [2.05, 4.69) is 0 Å². The van der Waals surface area contributed by atoms with Crippen molar-refractivity contribution >= 4 is 35.1 Å². The van der Waals surface area contributed by atoms with Gasteiger partial charge in [-0.15, -0.1) is 0 Å². The maximum Gasteiger partial charge on any atom is 0.231 e. The van der Waals surface area contributed by atoms with Crippen molar-refractivity contribution in [3.05, 3.63) is 99.0 Å². The summed E-state index contributed by atoms with van der Waals surface area (Å²) in [6, 6.07) is 16.3. The van der Waals surface area contributed by atoms with E-state index in [1.54, 1.807) is 60.7 Å². The third-order valence-electron chi connectivity index (χ3n) is 4.24. The average Bonchev–Trinajstić information content (AvgIpc) is 2.99. The maximum atomic E-state index is 13.7. The topological polar surface area (TPSA) is 35.5 Å². The summed E-state index contributed by atoms with van der Waals surface area (Å²) >= 11 is 11.9. The van der Waals surface area contributed by atoms with Gasteiger partial charge in [-0.25, -0.2) is 4.39 Å². The van der Waals surface area contributed by atoms with Crippen LogP contribution in [0, 0.1) is 5.82 Å². The molecule has 140 valence electrons. The lowest BCUT2D eigenvalue weighted by Crippen LogP contribution is -1.98. The predicted octanol–water partition coefficient (Wildman–Crippen LogP) is 6.33. The lowest BCUT2D eigenvalue weighted by molar-refractivity contribution is 0.101. The molecule has 3 nitrogen and oxygen atoms in total. The molecule has 1 aliphatic rings. The third-order valence-corrected chi connectivity index (χ3v) is 4.97. The molecule has 0 amide bonds. The first-order chi connectivity index (χ1) is 13.5. The Balaban J connectivity index is 1.53. The Labute approximate surface area is 170 Å². The monoisotopic (exact) mass is 414 g/mol. The number of benzene rings is 3. The van der Waals surface area contributed by atoms with E-state index in [4.69, 9.17) is 32.7 Å². The van der Waals surface area contributed by atoms with Gasteiger partial charge >= 0.3 is 0 Å². The molecule has 4 rings (SSSR count). The minimum absolute atomic E-state index is 0.0748. The molecule has 0 aliphatic carbocycles. The van der Waals surface area contributed by atoms with Gasteiger partial charge in [-0.05, 0) is 42.0 Å². The van der Waals surface area contributed by atoms with Crippen molar-refractivity contribution in [1.29, 1.82) is 0 Å². The number of carbonyl (C=O) groups is 1. The number of halogens is 3. The van der Waals surface area contributed by atoms with Crippen molar-refractivity contribution in [1.82, 2.24) is 0 Å². The number of ether oxygens (including phenoxy) is 2. The predicted molar refractivity (Wildman–Crippen MR) is 107 cm³/mol. The zero-order valence-corrected chi connectivity index (χ0v) is 15.9. The number of fused-ring (bicyclic) bond motifs is 1. The van der Waals surface area contributed by atoms with E-state index in [0.29, 0.717) is 38.2 Å². The minimum atomic E-state index is -0.332. The summed E-state index contributed by atoms with van der Waals surface area (Å²) in [5, 5.41) is 0.824. The molecule has 28 heavy (non-hydrogen) atoms. The normalized spacial score (nSPS) is 14.1. The van der Waals surface area contributed by atoms with E-state index in [-0.39, 0.29) is 24.0 Å². The summed E-state index contributed by atoms with van der Waals surface area (Å²) in [5.41, 5.74) is 1.58. The van der Waals surface area contributed by atoms with Crippen molar-refractivity contribution in [2.24, 2.45) is 0 Å². The zero-order valence-electron chi connectivity index (χ0n) is 14.4. The number of Topliss-reactive ketones (excluding diaryl/α,β-unsaturated/α-hetero) is 1. The molecule has 0 radical (unpaired) electrons. The van der Waals surface area contributed by atoms with Crippen LogP contribution in [-0.2, 0) is 6.61 Å². The number of allylic oxidation sites excluding steroid dienone is 1. The summed E-state index contributed by atoms with van der Waals surface area (Å²) in [5.74, 6) is 0.483. The highest BCUT2D eigenvalue weighted by atomic mass is 35.5. The van der Waals surface area contributed by atoms with Crippen LogP contribution in [0.4, 0.5) is 4.39 Å². The fourth-order valence-electron chi connectivity index (χ4n) is 2.79. The molecule has 3 aromatic rings. The lowest BCUT2D eigenvalue weighted by Gasteiger charge is -2.08. The van der Waals surface area contributed by atoms with Crippen LogP contribution in [0.25, 0.3) is 6.08 Å². The first-order valence-corrected chi connectivity index (χ1v) is 9.16. The van der Waals surface area contributed by atoms with Crippen LogP contribution in [0.3, 0.4) is 0 Å². The number of hydrogen-bond acceptors (Lipinski definition) is 3. The molecule has 0 N–H and O–H groups in total. The van der Waals surface area contributed by atoms with E-state index in [0.717, 1.165) is 0 Å². The molecule has 6 heteroatoms. The molecular formula is C22H13Cl2FO3. The van der Waals surface area contributed by atoms with Crippen LogP contribution in [0.1, 0.15) is 21.5 Å². The van der Waals surface area contributed by atoms with Gasteiger partial charge in [0.15, 0.2) is 5.76 Å². The molecule has 1 aliphatic heterocycles. The Bertz CT molecular complexity index is 1110. The highest BCUT2D eigenvalue weighted by Crippen LogP contribution is 2.35. The van der Waals surface area contributed by atoms with Gasteiger partial charge in [0.2, 0.25) is 5.78 Å². The highest BCUT2D eigenvalue weighted by Gasteiger charge is 2.27. The Morgan fingerprint density at radius 1 is 1.00 bits per heavy atom. The Morgan fingerprint density at radius 3 is 2.61 bits per heavy atom. The molecule has 0 atom stereocenters. The van der Waals surface area contributed by atoms with Crippen LogP contribution in [0.15, 0.2) is 66.4 Å². The van der Waals surface area contributed by atoms with Crippen molar-refractivity contribution < 1.29 is 18.7 Å². The Morgan fingerprint density at radius 2 is 1.82 bits per heavy atom. The van der Waals surface area contributed by atoms with E-state index < -0.39 is 0 Å². The zero-order chi connectivity index (χ0) is 19.7. The number of ketones is 1. The van der Waals surface area contributed by atoms with Gasteiger partial charge in [0.05, 0.1) is 15.6 Å². The van der Waals surface area contributed by atoms with E-state index >= 15 is 0 Å². The van der Waals surface area contributed by atoms with Gasteiger partial charge < -0.3 is 9.47 Å². The summed E-state index contributed by atoms with van der Waals surface area (Å²) in [4.78, 5) is 12.5. The van der Waals surface area contributed by atoms with Crippen molar-refractivity contribution in [3.63, 3.8) is 0 Å². The summed E-state index contributed by atoms with van der Waals surface area (Å²) in [6.45, 7) is 0.0748. The fourth-order valence-corrected chi connectivity index (χ4v) is 3.09. The fraction of sp³-hybridized carbons (Fsp3) is 0.0455. The van der Waals surface area contributed by atoms with Crippen LogP contribution in [0.2, 0.25) is 10.0 Å². The first-order valence-electron chi connectivity index (χ1n) is 8.41. The molecule has 0 fully saturated rings. The van der Waals surface area contributed by atoms with Gasteiger partial charge in [0, 0.05) is 11.6 Å². The quantitative estimate of drug-likeness (QED) is 0.468. The summed E-state index contributed by atoms with van der Waals surface area (Å²) in [6.07, 6.45) is 1.60. The second-order valence-corrected chi connectivity index (χ2v) is 6.97. The smallest absolute Gasteiger partial charge is 0.231 e. The molecule has 0 unspecified atom stereocenters. The largest absolute Gasteiger partial charge is 0.489 e. The summed E-state index contributed by atoms with van der Waals surface area (Å²) < 4.78 is 25.0. The molecule has 0 aromatic heterocycles. The van der Waals surface area contributed by atoms with Gasteiger partial charge in [0.1, 0.15) is 23.9 Å². The third kappa shape index (κ3) is 3.75. The average molecular weight is 415 g/mol. The van der Waals surface area contributed by atoms with Gasteiger partial charge in [-0.1, -0.05) is 47.5 Å². The Kier molecular flexibility index (Phi) is 5.07. The summed E-state index contributed by atoms with van der Waals surface area (Å²) in [7, 11) is 0. The molecule has 0 saturated carbocycles. The maximum absolute atomic E-state index is 13.7. The minimum Gasteiger partial charge on any atom is -0.489 e. The first kappa shape index (κ1) is 18.5. The van der Waals surface area contributed by atoms with Gasteiger partial charge in [0.25, 0.3) is 0 Å². The van der Waals surface area contributed by atoms with E-state index in [1.807, 2.05) is 0 Å². The molecular weight excluding hydrogens is 402 g/mol. The van der Waals surface area contributed by atoms with Crippen LogP contribution < -0.4 is 9.47 Å². The molecule has 1 heterocycles. The second kappa shape index (κ2) is 7.66. The number of rotatable bonds is 4. The van der Waals surface area contributed by atoms with Crippen LogP contribution in [-0.4, -0.2) is 5.78 Å². The van der Waals surface area contributed by atoms with Crippen molar-refractivity contribution in [2.45, 2.75) is 6.61 Å². The molecule has 3 aromatic carbocycles. The SMILES string of the molecule is O=C1/C(=C/c2ccc(Cl)c(Cl)c2)Oc2cc(OCc3ccccc3F)ccc21. The van der Waals surface area contributed by atoms with E-state index in [1.165, 1.54) is 6.07 Å². The Hall–Kier alpha value is -2.82. The molecule has 0 saturated heterocycles. The van der Waals surface area contributed by atoms with E-state index in [9.17, 15) is 9.18 Å².